The lowest BCUT2D eigenvalue weighted by molar-refractivity contribution is -0.120. The third-order valence-corrected chi connectivity index (χ3v) is 5.78. The second-order valence-electron chi connectivity index (χ2n) is 7.30. The summed E-state index contributed by atoms with van der Waals surface area (Å²) in [5.41, 5.74) is 6.95. The van der Waals surface area contributed by atoms with Gasteiger partial charge in [-0.15, -0.1) is 0 Å². The molecule has 0 unspecified atom stereocenters. The zero-order valence-electron chi connectivity index (χ0n) is 18.3. The van der Waals surface area contributed by atoms with Crippen LogP contribution in [-0.4, -0.2) is 33.0 Å². The van der Waals surface area contributed by atoms with Crippen LogP contribution in [0.2, 0.25) is 0 Å². The van der Waals surface area contributed by atoms with Crippen molar-refractivity contribution in [3.63, 3.8) is 0 Å². The molecule has 10 heteroatoms. The Hall–Kier alpha value is -4.18. The molecule has 0 aliphatic heterocycles. The summed E-state index contributed by atoms with van der Waals surface area (Å²) in [6, 6.07) is 20.5. The number of halogens is 1. The fourth-order valence-electron chi connectivity index (χ4n) is 3.00. The van der Waals surface area contributed by atoms with Crippen molar-refractivity contribution in [2.24, 2.45) is 0 Å². The molecule has 0 aromatic heterocycles. The first-order valence-electron chi connectivity index (χ1n) is 10.1. The molecule has 0 atom stereocenters. The largest absolute Gasteiger partial charge is 0.322 e. The fraction of sp³-hybridized carbons (Fsp3) is 0.0833. The Morgan fingerprint density at radius 1 is 0.912 bits per heavy atom. The quantitative estimate of drug-likeness (QED) is 0.406. The molecule has 0 saturated heterocycles. The number of hydrazine groups is 1. The molecule has 34 heavy (non-hydrogen) atoms. The highest BCUT2D eigenvalue weighted by atomic mass is 32.2. The highest BCUT2D eigenvalue weighted by Gasteiger charge is 2.21. The van der Waals surface area contributed by atoms with Gasteiger partial charge in [0.1, 0.15) is 12.4 Å². The Kier molecular flexibility index (Phi) is 7.64. The van der Waals surface area contributed by atoms with E-state index in [9.17, 15) is 22.4 Å². The molecule has 0 fully saturated rings. The molecule has 3 rings (SSSR count). The average Bonchev–Trinajstić information content (AvgIpc) is 2.81. The molecule has 0 radical (unpaired) electrons. The smallest absolute Gasteiger partial charge is 0.259 e. The Morgan fingerprint density at radius 2 is 1.59 bits per heavy atom. The lowest BCUT2D eigenvalue weighted by atomic mass is 10.1. The van der Waals surface area contributed by atoms with E-state index in [1.165, 1.54) is 18.2 Å². The van der Waals surface area contributed by atoms with Gasteiger partial charge in [0.15, 0.2) is 0 Å². The maximum atomic E-state index is 13.5. The number of anilines is 2. The van der Waals surface area contributed by atoms with Crippen LogP contribution in [-0.2, 0) is 14.8 Å². The number of benzene rings is 3. The lowest BCUT2D eigenvalue weighted by Crippen LogP contribution is -2.44. The molecule has 0 aliphatic rings. The van der Waals surface area contributed by atoms with Crippen molar-refractivity contribution in [3.8, 4) is 0 Å². The van der Waals surface area contributed by atoms with Crippen molar-refractivity contribution in [3.05, 3.63) is 102 Å². The molecule has 0 aliphatic carbocycles. The third kappa shape index (κ3) is 6.66. The molecule has 3 aromatic rings. The van der Waals surface area contributed by atoms with Crippen LogP contribution >= 0.6 is 0 Å². The van der Waals surface area contributed by atoms with Gasteiger partial charge in [0.05, 0.1) is 17.6 Å². The first-order chi connectivity index (χ1) is 16.1. The minimum absolute atomic E-state index is 0.0262. The molecule has 3 N–H and O–H groups in total. The Labute approximate surface area is 197 Å². The summed E-state index contributed by atoms with van der Waals surface area (Å²) in [7, 11) is -3.85. The fourth-order valence-corrected chi connectivity index (χ4v) is 3.84. The van der Waals surface area contributed by atoms with E-state index in [1.807, 2.05) is 6.07 Å². The molecule has 2 amide bonds. The molecule has 0 saturated carbocycles. The Bertz CT molecular complexity index is 1310. The van der Waals surface area contributed by atoms with Crippen LogP contribution in [0, 0.1) is 5.82 Å². The molecular formula is C24H23FN4O4S. The Morgan fingerprint density at radius 3 is 2.26 bits per heavy atom. The van der Waals surface area contributed by atoms with Gasteiger partial charge >= 0.3 is 0 Å². The van der Waals surface area contributed by atoms with Crippen molar-refractivity contribution < 1.29 is 22.4 Å². The standard InChI is InChI=1S/C24H23FN4O4S/c1-17(19-10-6-12-21(14-19)26-24(31)18-8-4-3-5-9-18)27-28-23(30)16-29(34(2,32)33)22-13-7-11-20(25)15-22/h3-15,27H,1,16H2,2H3,(H,26,31)(H,28,30). The van der Waals surface area contributed by atoms with Crippen molar-refractivity contribution in [2.45, 2.75) is 0 Å². The van der Waals surface area contributed by atoms with Crippen LogP contribution in [0.15, 0.2) is 85.4 Å². The molecule has 176 valence electrons. The zero-order valence-corrected chi connectivity index (χ0v) is 19.1. The van der Waals surface area contributed by atoms with Gasteiger partial charge in [-0.1, -0.05) is 43.0 Å². The number of carbonyl (C=O) groups is 2. The van der Waals surface area contributed by atoms with Gasteiger partial charge < -0.3 is 5.32 Å². The third-order valence-electron chi connectivity index (χ3n) is 4.64. The van der Waals surface area contributed by atoms with Gasteiger partial charge in [-0.2, -0.15) is 0 Å². The minimum Gasteiger partial charge on any atom is -0.322 e. The van der Waals surface area contributed by atoms with Gasteiger partial charge in [-0.3, -0.25) is 24.7 Å². The molecule has 3 aromatic carbocycles. The highest BCUT2D eigenvalue weighted by Crippen LogP contribution is 2.19. The summed E-state index contributed by atoms with van der Waals surface area (Å²) in [5, 5.41) is 2.78. The zero-order chi connectivity index (χ0) is 24.7. The van der Waals surface area contributed by atoms with Gasteiger partial charge in [0, 0.05) is 16.8 Å². The van der Waals surface area contributed by atoms with E-state index in [4.69, 9.17) is 0 Å². The summed E-state index contributed by atoms with van der Waals surface area (Å²) in [6.45, 7) is 3.28. The summed E-state index contributed by atoms with van der Waals surface area (Å²) < 4.78 is 38.6. The molecule has 0 bridgehead atoms. The normalized spacial score (nSPS) is 10.8. The van der Waals surface area contributed by atoms with Crippen molar-refractivity contribution in [2.75, 3.05) is 22.4 Å². The number of nitrogens with one attached hydrogen (secondary N) is 3. The predicted octanol–water partition coefficient (Wildman–Crippen LogP) is 3.14. The highest BCUT2D eigenvalue weighted by molar-refractivity contribution is 7.92. The second-order valence-corrected chi connectivity index (χ2v) is 9.21. The van der Waals surface area contributed by atoms with E-state index in [0.29, 0.717) is 22.5 Å². The number of sulfonamides is 1. The summed E-state index contributed by atoms with van der Waals surface area (Å²) >= 11 is 0. The summed E-state index contributed by atoms with van der Waals surface area (Å²) in [4.78, 5) is 24.7. The van der Waals surface area contributed by atoms with E-state index < -0.39 is 28.3 Å². The van der Waals surface area contributed by atoms with Crippen molar-refractivity contribution in [1.82, 2.24) is 10.9 Å². The first-order valence-corrected chi connectivity index (χ1v) is 11.9. The number of hydrogen-bond acceptors (Lipinski definition) is 5. The van der Waals surface area contributed by atoms with E-state index in [2.05, 4.69) is 22.7 Å². The maximum Gasteiger partial charge on any atom is 0.259 e. The van der Waals surface area contributed by atoms with E-state index in [-0.39, 0.29) is 11.6 Å². The lowest BCUT2D eigenvalue weighted by Gasteiger charge is -2.22. The predicted molar refractivity (Wildman–Crippen MR) is 130 cm³/mol. The van der Waals surface area contributed by atoms with Crippen LogP contribution in [0.3, 0.4) is 0 Å². The van der Waals surface area contributed by atoms with Gasteiger partial charge in [-0.05, 0) is 42.5 Å². The number of nitrogens with zero attached hydrogens (tertiary/aromatic N) is 1. The van der Waals surface area contributed by atoms with Gasteiger partial charge in [-0.25, -0.2) is 12.8 Å². The van der Waals surface area contributed by atoms with Crippen LogP contribution in [0.25, 0.3) is 5.70 Å². The van der Waals surface area contributed by atoms with Crippen LogP contribution in [0.4, 0.5) is 15.8 Å². The SMILES string of the molecule is C=C(NNC(=O)CN(c1cccc(F)c1)S(C)(=O)=O)c1cccc(NC(=O)c2ccccc2)c1. The monoisotopic (exact) mass is 482 g/mol. The molecule has 8 nitrogen and oxygen atoms in total. The first kappa shape index (κ1) is 24.5. The van der Waals surface area contributed by atoms with Crippen LogP contribution < -0.4 is 20.5 Å². The maximum absolute atomic E-state index is 13.5. The van der Waals surface area contributed by atoms with Crippen LogP contribution in [0.1, 0.15) is 15.9 Å². The average molecular weight is 483 g/mol. The molecule has 0 spiro atoms. The number of hydrogen-bond donors (Lipinski definition) is 3. The number of amides is 2. The van der Waals surface area contributed by atoms with E-state index in [0.717, 1.165) is 16.6 Å². The minimum atomic E-state index is -3.85. The second kappa shape index (κ2) is 10.6. The topological polar surface area (TPSA) is 108 Å². The molecule has 0 heterocycles. The Balaban J connectivity index is 1.62. The van der Waals surface area contributed by atoms with Crippen molar-refractivity contribution >= 4 is 38.9 Å². The van der Waals surface area contributed by atoms with Crippen LogP contribution in [0.5, 0.6) is 0 Å². The van der Waals surface area contributed by atoms with E-state index >= 15 is 0 Å². The number of carbonyl (C=O) groups excluding carboxylic acids is 2. The number of rotatable bonds is 9. The summed E-state index contributed by atoms with van der Waals surface area (Å²) in [6.07, 6.45) is 0.923. The van der Waals surface area contributed by atoms with Gasteiger partial charge in [0.2, 0.25) is 10.0 Å². The van der Waals surface area contributed by atoms with Gasteiger partial charge in [0.25, 0.3) is 11.8 Å². The molecular weight excluding hydrogens is 459 g/mol. The van der Waals surface area contributed by atoms with Crippen molar-refractivity contribution in [1.29, 1.82) is 0 Å². The van der Waals surface area contributed by atoms with E-state index in [1.54, 1.807) is 48.5 Å². The summed E-state index contributed by atoms with van der Waals surface area (Å²) in [5.74, 6) is -1.59.